The number of hydrogen-bond donors (Lipinski definition) is 6. The maximum absolute atomic E-state index is 13.5. The van der Waals surface area contributed by atoms with Crippen LogP contribution in [0.15, 0.2) is 23.1 Å². The molecule has 2 aliphatic heterocycles. The SMILES string of the molecule is C[C@@H]1CCN(C(=O)[C@H](CCC[NH+]=C(N)N)NS(=O)(=O)c2cccc3c2NC[C@H](C)C3)[C@@H](C(=O)O)C1. The van der Waals surface area contributed by atoms with E-state index in [2.05, 4.69) is 22.0 Å². The maximum atomic E-state index is 13.5. The van der Waals surface area contributed by atoms with E-state index in [-0.39, 0.29) is 29.7 Å². The molecule has 1 aromatic carbocycles. The first-order chi connectivity index (χ1) is 16.5. The fourth-order valence-corrected chi connectivity index (χ4v) is 6.21. The van der Waals surface area contributed by atoms with Gasteiger partial charge in [-0.1, -0.05) is 26.0 Å². The summed E-state index contributed by atoms with van der Waals surface area (Å²) < 4.78 is 29.6. The van der Waals surface area contributed by atoms with Gasteiger partial charge in [-0.15, -0.1) is 0 Å². The number of sulfonamides is 1. The molecule has 12 heteroatoms. The molecule has 0 unspecified atom stereocenters. The number of carbonyl (C=O) groups is 2. The molecule has 0 aliphatic carbocycles. The number of likely N-dealkylation sites (tertiary alicyclic amines) is 1. The fourth-order valence-electron chi connectivity index (χ4n) is 4.76. The van der Waals surface area contributed by atoms with Crippen LogP contribution in [0.5, 0.6) is 0 Å². The van der Waals surface area contributed by atoms with E-state index in [4.69, 9.17) is 11.5 Å². The minimum absolute atomic E-state index is 0.0284. The zero-order valence-corrected chi connectivity index (χ0v) is 21.1. The molecule has 35 heavy (non-hydrogen) atoms. The number of hydrogen-bond acceptors (Lipinski definition) is 5. The number of benzene rings is 1. The molecule has 8 N–H and O–H groups in total. The standard InChI is InChI=1S/C23H36N6O5S/c1-14-8-10-29(18(12-14)22(31)32)21(30)17(6-4-9-26-23(24)25)28-35(33,34)19-7-3-5-16-11-15(2)13-27-20(16)19/h3,5,7,14-15,17-18,27-28H,4,6,8-13H2,1-2H3,(H,31,32)(H4,24,25,26)/p+1/t14-,15-,17+,18-/m1/s1. The number of anilines is 1. The number of amides is 1. The average Bonchev–Trinajstić information content (AvgIpc) is 2.79. The lowest BCUT2D eigenvalue weighted by Gasteiger charge is -2.38. The van der Waals surface area contributed by atoms with Crippen molar-refractivity contribution >= 4 is 33.5 Å². The van der Waals surface area contributed by atoms with E-state index in [9.17, 15) is 23.1 Å². The van der Waals surface area contributed by atoms with E-state index >= 15 is 0 Å². The number of nitrogens with zero attached hydrogens (tertiary/aromatic N) is 1. The molecular formula is C23H37N6O5S+. The van der Waals surface area contributed by atoms with Gasteiger partial charge < -0.3 is 15.3 Å². The first kappa shape index (κ1) is 26.7. The second kappa shape index (κ2) is 11.3. The van der Waals surface area contributed by atoms with Crippen LogP contribution in [0.4, 0.5) is 5.69 Å². The lowest BCUT2D eigenvalue weighted by atomic mass is 9.91. The van der Waals surface area contributed by atoms with Crippen molar-refractivity contribution in [3.05, 3.63) is 23.8 Å². The summed E-state index contributed by atoms with van der Waals surface area (Å²) in [6.45, 7) is 5.28. The predicted molar refractivity (Wildman–Crippen MR) is 132 cm³/mol. The normalized spacial score (nSPS) is 23.0. The topological polar surface area (TPSA) is 182 Å². The van der Waals surface area contributed by atoms with Crippen LogP contribution in [0.3, 0.4) is 0 Å². The molecule has 0 aromatic heterocycles. The largest absolute Gasteiger partial charge is 0.480 e. The van der Waals surface area contributed by atoms with Crippen LogP contribution in [0.1, 0.15) is 45.1 Å². The first-order valence-electron chi connectivity index (χ1n) is 12.0. The summed E-state index contributed by atoms with van der Waals surface area (Å²) in [4.78, 5) is 29.6. The summed E-state index contributed by atoms with van der Waals surface area (Å²) >= 11 is 0. The molecule has 1 saturated heterocycles. The molecule has 4 atom stereocenters. The molecule has 2 aliphatic rings. The monoisotopic (exact) mass is 509 g/mol. The van der Waals surface area contributed by atoms with Gasteiger partial charge >= 0.3 is 11.9 Å². The van der Waals surface area contributed by atoms with Gasteiger partial charge in [0.1, 0.15) is 17.0 Å². The van der Waals surface area contributed by atoms with Gasteiger partial charge in [-0.3, -0.25) is 21.3 Å². The lowest BCUT2D eigenvalue weighted by Crippen LogP contribution is -2.78. The molecule has 3 rings (SSSR count). The second-order valence-corrected chi connectivity index (χ2v) is 11.4. The third kappa shape index (κ3) is 6.63. The molecule has 11 nitrogen and oxygen atoms in total. The van der Waals surface area contributed by atoms with Crippen molar-refractivity contribution in [3.8, 4) is 0 Å². The van der Waals surface area contributed by atoms with Crippen molar-refractivity contribution in [2.24, 2.45) is 23.3 Å². The highest BCUT2D eigenvalue weighted by Gasteiger charge is 2.39. The molecule has 194 valence electrons. The highest BCUT2D eigenvalue weighted by molar-refractivity contribution is 7.89. The number of piperidine rings is 1. The van der Waals surface area contributed by atoms with Gasteiger partial charge in [0, 0.05) is 13.1 Å². The smallest absolute Gasteiger partial charge is 0.338 e. The van der Waals surface area contributed by atoms with Gasteiger partial charge in [0.15, 0.2) is 0 Å². The molecule has 1 fully saturated rings. The Balaban J connectivity index is 1.88. The number of nitrogens with two attached hydrogens (primary N) is 2. The van der Waals surface area contributed by atoms with Gasteiger partial charge in [0.2, 0.25) is 15.9 Å². The number of rotatable bonds is 9. The number of guanidine groups is 1. The number of carboxylic acids is 1. The molecule has 0 radical (unpaired) electrons. The number of fused-ring (bicyclic) bond motifs is 1. The molecule has 1 amide bonds. The Bertz CT molecular complexity index is 1070. The summed E-state index contributed by atoms with van der Waals surface area (Å²) in [5, 5.41) is 12.9. The average molecular weight is 510 g/mol. The Hall–Kier alpha value is -2.86. The van der Waals surface area contributed by atoms with Crippen molar-refractivity contribution < 1.29 is 28.1 Å². The van der Waals surface area contributed by atoms with E-state index < -0.39 is 34.0 Å². The van der Waals surface area contributed by atoms with Crippen molar-refractivity contribution in [3.63, 3.8) is 0 Å². The Morgan fingerprint density at radius 3 is 2.71 bits per heavy atom. The van der Waals surface area contributed by atoms with E-state index in [0.29, 0.717) is 44.0 Å². The number of carbonyl (C=O) groups excluding carboxylic acids is 1. The molecular weight excluding hydrogens is 472 g/mol. The van der Waals surface area contributed by atoms with E-state index in [1.165, 1.54) is 11.0 Å². The fraction of sp³-hybridized carbons (Fsp3) is 0.609. The predicted octanol–water partition coefficient (Wildman–Crippen LogP) is -1.22. The maximum Gasteiger partial charge on any atom is 0.338 e. The van der Waals surface area contributed by atoms with Crippen LogP contribution < -0.4 is 26.5 Å². The second-order valence-electron chi connectivity index (χ2n) is 9.69. The zero-order valence-electron chi connectivity index (χ0n) is 20.3. The Labute approximate surface area is 206 Å². The van der Waals surface area contributed by atoms with E-state index in [1.54, 1.807) is 6.07 Å². The van der Waals surface area contributed by atoms with Crippen LogP contribution in [-0.4, -0.2) is 68.0 Å². The lowest BCUT2D eigenvalue weighted by molar-refractivity contribution is -0.459. The third-order valence-electron chi connectivity index (χ3n) is 6.62. The van der Waals surface area contributed by atoms with E-state index in [0.717, 1.165) is 12.0 Å². The summed E-state index contributed by atoms with van der Waals surface area (Å²) in [7, 11) is -4.09. The minimum atomic E-state index is -4.09. The summed E-state index contributed by atoms with van der Waals surface area (Å²) in [5.74, 6) is -1.07. The van der Waals surface area contributed by atoms with Crippen molar-refractivity contribution in [2.75, 3.05) is 25.0 Å². The Morgan fingerprint density at radius 2 is 2.03 bits per heavy atom. The number of carboxylic acid groups (broad SMARTS) is 1. The molecule has 0 saturated carbocycles. The highest BCUT2D eigenvalue weighted by Crippen LogP contribution is 2.31. The van der Waals surface area contributed by atoms with E-state index in [1.807, 2.05) is 13.0 Å². The van der Waals surface area contributed by atoms with Crippen LogP contribution in [-0.2, 0) is 26.0 Å². The minimum Gasteiger partial charge on any atom is -0.480 e. The summed E-state index contributed by atoms with van der Waals surface area (Å²) in [6, 6.07) is 2.98. The molecule has 2 heterocycles. The Morgan fingerprint density at radius 1 is 1.29 bits per heavy atom. The Kier molecular flexibility index (Phi) is 8.60. The van der Waals surface area contributed by atoms with Crippen molar-refractivity contribution in [2.45, 2.75) is 62.9 Å². The van der Waals surface area contributed by atoms with Crippen LogP contribution in [0, 0.1) is 11.8 Å². The van der Waals surface area contributed by atoms with Crippen LogP contribution in [0.25, 0.3) is 0 Å². The number of nitrogens with one attached hydrogen (secondary N) is 3. The number of aliphatic carboxylic acids is 1. The summed E-state index contributed by atoms with van der Waals surface area (Å²) in [6.07, 6.45) is 2.28. The molecule has 1 aromatic rings. The van der Waals surface area contributed by atoms with Crippen LogP contribution >= 0.6 is 0 Å². The van der Waals surface area contributed by atoms with Gasteiger partial charge in [-0.25, -0.2) is 13.2 Å². The summed E-state index contributed by atoms with van der Waals surface area (Å²) in [5.41, 5.74) is 12.3. The first-order valence-corrected chi connectivity index (χ1v) is 13.5. The van der Waals surface area contributed by atoms with Gasteiger partial charge in [0.25, 0.3) is 0 Å². The van der Waals surface area contributed by atoms with Gasteiger partial charge in [0.05, 0.1) is 12.2 Å². The van der Waals surface area contributed by atoms with Crippen LogP contribution in [0.2, 0.25) is 0 Å². The number of para-hydroxylation sites is 1. The van der Waals surface area contributed by atoms with Crippen molar-refractivity contribution in [1.29, 1.82) is 0 Å². The zero-order chi connectivity index (χ0) is 25.8. The third-order valence-corrected chi connectivity index (χ3v) is 8.14. The molecule has 0 bridgehead atoms. The highest BCUT2D eigenvalue weighted by atomic mass is 32.2. The van der Waals surface area contributed by atoms with Gasteiger partial charge in [-0.05, 0) is 55.6 Å². The van der Waals surface area contributed by atoms with Gasteiger partial charge in [-0.2, -0.15) is 4.72 Å². The molecule has 0 spiro atoms. The quantitative estimate of drug-likeness (QED) is 0.136. The van der Waals surface area contributed by atoms with Crippen molar-refractivity contribution in [1.82, 2.24) is 9.62 Å².